The Kier molecular flexibility index (Phi) is 27.8. The Morgan fingerprint density at radius 2 is 0.803 bits per heavy atom. The van der Waals surface area contributed by atoms with E-state index in [0.717, 1.165) is 148 Å². The number of carbonyl (C=O) groups is 8. The smallest absolute Gasteiger partial charge is 0.305 e. The number of aliphatic hydroxyl groups is 7. The third-order valence-corrected chi connectivity index (χ3v) is 41.1. The number of carboxylic acid groups (broad SMARTS) is 1. The Hall–Kier alpha value is -4.02. The van der Waals surface area contributed by atoms with Gasteiger partial charge >= 0.3 is 23.9 Å². The van der Waals surface area contributed by atoms with Crippen molar-refractivity contribution in [3.05, 3.63) is 11.6 Å². The van der Waals surface area contributed by atoms with Crippen molar-refractivity contribution >= 4 is 47.0 Å². The molecule has 0 spiro atoms. The van der Waals surface area contributed by atoms with Crippen molar-refractivity contribution in [3.8, 4) is 0 Å². The van der Waals surface area contributed by atoms with Crippen LogP contribution in [0.4, 0.5) is 0 Å². The molecule has 122 heavy (non-hydrogen) atoms. The molecule has 0 bridgehead atoms. The van der Waals surface area contributed by atoms with Gasteiger partial charge in [-0.15, -0.1) is 0 Å². The number of aliphatic carboxylic acids is 1. The Morgan fingerprint density at radius 1 is 0.418 bits per heavy atom. The maximum Gasteiger partial charge on any atom is 0.305 e. The number of hydrogen-bond donors (Lipinski definition) is 8. The van der Waals surface area contributed by atoms with Crippen LogP contribution in [0.25, 0.3) is 0 Å². The van der Waals surface area contributed by atoms with Gasteiger partial charge in [0.25, 0.3) is 0 Å². The van der Waals surface area contributed by atoms with Gasteiger partial charge in [-0.05, 0) is 362 Å². The molecule has 8 N–H and O–H groups in total. The van der Waals surface area contributed by atoms with Gasteiger partial charge in [-0.2, -0.15) is 0 Å². The summed E-state index contributed by atoms with van der Waals surface area (Å²) in [6, 6.07) is 0. The molecule has 688 valence electrons. The third-order valence-electron chi connectivity index (χ3n) is 41.1. The Bertz CT molecular complexity index is 3850. The normalized spacial score (nSPS) is 48.6. The third kappa shape index (κ3) is 16.3. The Labute approximate surface area is 729 Å². The molecule has 0 amide bonds. The van der Waals surface area contributed by atoms with Crippen LogP contribution in [0.3, 0.4) is 0 Å². The monoisotopic (exact) mass is 1710 g/mol. The van der Waals surface area contributed by atoms with Gasteiger partial charge < -0.3 is 59.8 Å². The van der Waals surface area contributed by atoms with Gasteiger partial charge in [0.2, 0.25) is 0 Å². The molecule has 0 radical (unpaired) electrons. The van der Waals surface area contributed by atoms with Crippen molar-refractivity contribution in [1.29, 1.82) is 0 Å². The number of fused-ring (bicyclic) bond motifs is 23. The van der Waals surface area contributed by atoms with Crippen molar-refractivity contribution in [3.63, 3.8) is 0 Å². The summed E-state index contributed by atoms with van der Waals surface area (Å²) in [5.74, 6) is 6.80. The molecule has 16 aliphatic carbocycles. The minimum absolute atomic E-state index is 0.0115. The number of Topliss-reactive ketones (excluding diaryl/α,β-unsaturated/α-hetero) is 3. The van der Waals surface area contributed by atoms with Crippen LogP contribution in [0.1, 0.15) is 322 Å². The first-order valence-corrected chi connectivity index (χ1v) is 49.5. The summed E-state index contributed by atoms with van der Waals surface area (Å²) in [4.78, 5) is 98.5. The summed E-state index contributed by atoms with van der Waals surface area (Å²) >= 11 is 0. The molecule has 16 fully saturated rings. The van der Waals surface area contributed by atoms with E-state index in [0.29, 0.717) is 178 Å². The van der Waals surface area contributed by atoms with Gasteiger partial charge in [0.15, 0.2) is 5.78 Å². The lowest BCUT2D eigenvalue weighted by Crippen LogP contribution is -2.62. The first-order valence-electron chi connectivity index (χ1n) is 49.5. The molecule has 0 aromatic rings. The SMILES string of the molecule is CCOC(=O)CC[C@@H](C)[C@H]1CC[C@H]2[C@@H]3[C@@H]4O[C@@H]4C4=CC(=O)CC[C@]4(C)[C@H]3CC(=O)[C@]12C.CCOC(=O)CC[C@@H](C)[C@H]1CC[C@H]2[C@@H]3[C@H](O)C[C@@H]4CC(=O)CC[C@]4(C)[C@H]3CC(=O)[C@]12C.CCOC(=O)CC[C@@H](C)[C@H]1CC[C@H]2[C@@H]3[C@H](O)C[C@@H]4C[C@H](O)CC[C@]4(C)[C@H]3C[C@H](O)[C@]12C.C[C@H](CCC(=O)O)[C@H]1CC[C@H]2[C@@H]3[C@H](O)C[C@@H]4C[C@H](O)CC[C@]4(C)[C@H]3C[C@H](O)[C@]12C. The predicted octanol–water partition coefficient (Wildman–Crippen LogP) is 16.0. The number of carbonyl (C=O) groups excluding carboxylic acids is 7. The zero-order valence-corrected chi connectivity index (χ0v) is 77.2. The highest BCUT2D eigenvalue weighted by Crippen LogP contribution is 2.74. The minimum atomic E-state index is -0.748. The fraction of sp³-hybridized carbons (Fsp3) is 0.902. The zero-order chi connectivity index (χ0) is 88.4. The summed E-state index contributed by atoms with van der Waals surface area (Å²) in [6.45, 7) is 33.7. The van der Waals surface area contributed by atoms with E-state index in [4.69, 9.17) is 24.1 Å². The summed E-state index contributed by atoms with van der Waals surface area (Å²) in [6.07, 6.45) is 26.1. The van der Waals surface area contributed by atoms with Crippen LogP contribution < -0.4 is 0 Å². The number of hydrogen-bond acceptors (Lipinski definition) is 19. The highest BCUT2D eigenvalue weighted by atomic mass is 16.6. The molecule has 1 heterocycles. The standard InChI is InChI=1S/C26H36O5.C26H44O5.C26H40O5.C24H40O5/c1-5-30-21(29)9-6-14(2)16-7-8-17-22-18(13-20(28)26(16,17)4)25(3)11-10-15(27)12-19(25)23-24(22)31-23;2*1-5-31-23(30)9-6-15(2)18-7-8-19-24-20(14-22(29)26(18,19)4)25(3)11-10-17(27)12-16(25)13-21(24)28;1-13(4-7-21(28)29)16-5-6-17-22-18(12-20(27)24(16,17)3)23(2)9-8-15(25)10-14(23)11-19(22)26/h12,14,16-18,22-24H,5-11,13H2,1-4H3;15-22,24,27-29H,5-14H2,1-4H3;15-16,18-21,24,28H,5-14H2,1-4H3;13-20,22,25-27H,4-12H2,1-3H3,(H,28,29)/t14-,16-,17+,18+,22+,23-,24+,25-,26-;15-,16+,17-,18-,19+,20+,21-,22+,24+,25+,26-;15-,16+,18-,19+,20+,21-,24+,25+,26-;13-,14+,15-,16-,17+,18+,19-,20+,22+,23+,24-/m1111/s1. The van der Waals surface area contributed by atoms with Crippen LogP contribution in [-0.4, -0.2) is 163 Å². The molecule has 1 saturated heterocycles. The molecule has 0 unspecified atom stereocenters. The van der Waals surface area contributed by atoms with E-state index in [1.54, 1.807) is 0 Å². The molecule has 20 nitrogen and oxygen atoms in total. The Balaban J connectivity index is 0.000000133. The molecule has 40 atom stereocenters. The lowest BCUT2D eigenvalue weighted by Gasteiger charge is -2.63. The minimum Gasteiger partial charge on any atom is -0.481 e. The molecule has 15 saturated carbocycles. The number of ether oxygens (including phenoxy) is 4. The molecule has 17 rings (SSSR count). The summed E-state index contributed by atoms with van der Waals surface area (Å²) in [5, 5.41) is 86.4. The predicted molar refractivity (Wildman–Crippen MR) is 461 cm³/mol. The van der Waals surface area contributed by atoms with E-state index in [1.807, 2.05) is 26.8 Å². The average Bonchev–Trinajstić information content (AvgIpc) is 1.51. The van der Waals surface area contributed by atoms with Crippen LogP contribution in [0, 0.1) is 179 Å². The van der Waals surface area contributed by atoms with E-state index in [1.165, 1.54) is 5.57 Å². The van der Waals surface area contributed by atoms with E-state index in [-0.39, 0.29) is 170 Å². The van der Waals surface area contributed by atoms with Gasteiger partial charge in [-0.25, -0.2) is 0 Å². The molecule has 17 aliphatic rings. The number of carboxylic acids is 1. The average molecular weight is 1710 g/mol. The summed E-state index contributed by atoms with van der Waals surface area (Å²) in [7, 11) is 0. The lowest BCUT2D eigenvalue weighted by molar-refractivity contribution is -0.207. The van der Waals surface area contributed by atoms with Gasteiger partial charge in [-0.1, -0.05) is 83.1 Å². The number of esters is 3. The second-order valence-electron chi connectivity index (χ2n) is 45.9. The van der Waals surface area contributed by atoms with Crippen molar-refractivity contribution in [2.75, 3.05) is 19.8 Å². The first-order chi connectivity index (χ1) is 57.5. The van der Waals surface area contributed by atoms with E-state index in [2.05, 4.69) is 83.1 Å². The van der Waals surface area contributed by atoms with E-state index in [9.17, 15) is 74.1 Å². The number of epoxide rings is 1. The molecule has 1 aliphatic heterocycles. The van der Waals surface area contributed by atoms with Crippen LogP contribution in [-0.2, 0) is 57.3 Å². The molecule has 20 heteroatoms. The van der Waals surface area contributed by atoms with Gasteiger partial charge in [0, 0.05) is 68.6 Å². The summed E-state index contributed by atoms with van der Waals surface area (Å²) < 4.78 is 21.6. The van der Waals surface area contributed by atoms with Crippen molar-refractivity contribution in [2.24, 2.45) is 179 Å². The van der Waals surface area contributed by atoms with E-state index < -0.39 is 23.6 Å². The fourth-order valence-electron chi connectivity index (χ4n) is 34.3. The maximum absolute atomic E-state index is 13.8. The number of aliphatic hydroxyl groups excluding tert-OH is 7. The van der Waals surface area contributed by atoms with Crippen LogP contribution >= 0.6 is 0 Å². The van der Waals surface area contributed by atoms with Crippen LogP contribution in [0.15, 0.2) is 11.6 Å². The van der Waals surface area contributed by atoms with E-state index >= 15 is 0 Å². The molecular formula is C102H160O20. The topological polar surface area (TPSA) is 339 Å². The zero-order valence-electron chi connectivity index (χ0n) is 77.2. The number of rotatable bonds is 19. The second kappa shape index (κ2) is 36.0. The highest BCUT2D eigenvalue weighted by Gasteiger charge is 2.74. The van der Waals surface area contributed by atoms with Crippen molar-refractivity contribution < 1.29 is 98.2 Å². The second-order valence-corrected chi connectivity index (χ2v) is 45.9. The van der Waals surface area contributed by atoms with Crippen molar-refractivity contribution in [2.45, 2.75) is 377 Å². The van der Waals surface area contributed by atoms with Crippen LogP contribution in [0.2, 0.25) is 0 Å². The van der Waals surface area contributed by atoms with Gasteiger partial charge in [-0.3, -0.25) is 38.4 Å². The quantitative estimate of drug-likeness (QED) is 0.0338. The fourth-order valence-corrected chi connectivity index (χ4v) is 34.3. The molecule has 0 aromatic carbocycles. The van der Waals surface area contributed by atoms with Gasteiger partial charge in [0.05, 0.1) is 68.7 Å². The van der Waals surface area contributed by atoms with Crippen LogP contribution in [0.5, 0.6) is 0 Å². The maximum atomic E-state index is 13.8. The highest BCUT2D eigenvalue weighted by molar-refractivity contribution is 5.93. The molecule has 0 aromatic heterocycles. The first kappa shape index (κ1) is 94.1. The van der Waals surface area contributed by atoms with Crippen molar-refractivity contribution in [1.82, 2.24) is 0 Å². The Morgan fingerprint density at radius 3 is 1.25 bits per heavy atom. The van der Waals surface area contributed by atoms with Gasteiger partial charge in [0.1, 0.15) is 23.5 Å². The molecular weight excluding hydrogens is 1550 g/mol. The summed E-state index contributed by atoms with van der Waals surface area (Å²) in [5.41, 5.74) is 0.104. The lowest BCUT2D eigenvalue weighted by atomic mass is 9.43. The largest absolute Gasteiger partial charge is 0.481 e. The number of ketones is 4.